The average molecular weight is 334 g/mol. The summed E-state index contributed by atoms with van der Waals surface area (Å²) in [4.78, 5) is 1.38. The zero-order valence-corrected chi connectivity index (χ0v) is 13.5. The molecule has 0 amide bonds. The van der Waals surface area contributed by atoms with Gasteiger partial charge in [0.05, 0.1) is 12.7 Å². The molecular weight excluding hydrogens is 318 g/mol. The zero-order chi connectivity index (χ0) is 14.6. The number of thiophene rings is 1. The van der Waals surface area contributed by atoms with Crippen LogP contribution in [0.25, 0.3) is 0 Å². The quantitative estimate of drug-likeness (QED) is 0.729. The summed E-state index contributed by atoms with van der Waals surface area (Å²) in [6, 6.07) is 3.97. The van der Waals surface area contributed by atoms with Crippen molar-refractivity contribution < 1.29 is 8.42 Å². The van der Waals surface area contributed by atoms with E-state index in [0.717, 1.165) is 0 Å². The molecule has 0 bridgehead atoms. The van der Waals surface area contributed by atoms with E-state index < -0.39 is 10.0 Å². The molecule has 0 fully saturated rings. The summed E-state index contributed by atoms with van der Waals surface area (Å²) in [5, 5.41) is 5.98. The van der Waals surface area contributed by atoms with Crippen molar-refractivity contribution in [2.24, 2.45) is 0 Å². The number of halogens is 1. The minimum atomic E-state index is -3.48. The molecule has 2 aromatic heterocycles. The standard InChI is InChI=1S/C12H16ClN3O2S2/c1-15(6-4-11-3-2-8-19-11)20(17,18)12-9-14-16(10-12)7-5-13/h2-3,8-10H,4-7H2,1H3. The zero-order valence-electron chi connectivity index (χ0n) is 11.1. The van der Waals surface area contributed by atoms with Gasteiger partial charge in [-0.3, -0.25) is 4.68 Å². The Kier molecular flexibility index (Phi) is 5.20. The predicted molar refractivity (Wildman–Crippen MR) is 80.8 cm³/mol. The first-order valence-corrected chi connectivity index (χ1v) is 8.96. The number of hydrogen-bond donors (Lipinski definition) is 0. The molecule has 0 radical (unpaired) electrons. The van der Waals surface area contributed by atoms with Crippen LogP contribution in [-0.2, 0) is 23.0 Å². The SMILES string of the molecule is CN(CCc1cccs1)S(=O)(=O)c1cnn(CCCl)c1. The number of hydrogen-bond acceptors (Lipinski definition) is 4. The molecule has 2 rings (SSSR count). The smallest absolute Gasteiger partial charge is 0.245 e. The number of alkyl halides is 1. The lowest BCUT2D eigenvalue weighted by molar-refractivity contribution is 0.473. The number of aryl methyl sites for hydroxylation is 1. The molecule has 8 heteroatoms. The normalized spacial score (nSPS) is 12.2. The first kappa shape index (κ1) is 15.5. The third kappa shape index (κ3) is 3.60. The predicted octanol–water partition coefficient (Wildman–Crippen LogP) is 2.05. The van der Waals surface area contributed by atoms with Crippen LogP contribution in [0, 0.1) is 0 Å². The lowest BCUT2D eigenvalue weighted by atomic mass is 10.3. The van der Waals surface area contributed by atoms with Gasteiger partial charge in [0, 0.05) is 30.5 Å². The van der Waals surface area contributed by atoms with Crippen LogP contribution in [0.4, 0.5) is 0 Å². The summed E-state index contributed by atoms with van der Waals surface area (Å²) in [6.07, 6.45) is 3.59. The van der Waals surface area contributed by atoms with Gasteiger partial charge in [0.25, 0.3) is 0 Å². The largest absolute Gasteiger partial charge is 0.270 e. The van der Waals surface area contributed by atoms with Gasteiger partial charge in [0.1, 0.15) is 4.90 Å². The molecule has 0 unspecified atom stereocenters. The number of sulfonamides is 1. The molecule has 0 aromatic carbocycles. The lowest BCUT2D eigenvalue weighted by Gasteiger charge is -2.15. The molecule has 0 aliphatic carbocycles. The first-order valence-electron chi connectivity index (χ1n) is 6.11. The summed E-state index contributed by atoms with van der Waals surface area (Å²) in [5.74, 6) is 0.398. The molecule has 5 nitrogen and oxygen atoms in total. The molecule has 0 N–H and O–H groups in total. The Bertz CT molecular complexity index is 637. The first-order chi connectivity index (χ1) is 9.54. The third-order valence-corrected chi connectivity index (χ3v) is 5.80. The van der Waals surface area contributed by atoms with Crippen molar-refractivity contribution in [3.63, 3.8) is 0 Å². The Morgan fingerprint density at radius 2 is 2.30 bits per heavy atom. The van der Waals surface area contributed by atoms with Gasteiger partial charge in [-0.2, -0.15) is 5.10 Å². The Labute approximate surface area is 127 Å². The minimum Gasteiger partial charge on any atom is -0.270 e. The van der Waals surface area contributed by atoms with E-state index in [1.54, 1.807) is 18.4 Å². The summed E-state index contributed by atoms with van der Waals surface area (Å²) < 4.78 is 27.6. The fourth-order valence-electron chi connectivity index (χ4n) is 1.71. The fourth-order valence-corrected chi connectivity index (χ4v) is 3.71. The summed E-state index contributed by atoms with van der Waals surface area (Å²) in [7, 11) is -1.89. The van der Waals surface area contributed by atoms with Crippen LogP contribution in [0.5, 0.6) is 0 Å². The number of aromatic nitrogens is 2. The average Bonchev–Trinajstić information content (AvgIpc) is 3.07. The molecular formula is C12H16ClN3O2S2. The highest BCUT2D eigenvalue weighted by atomic mass is 35.5. The Morgan fingerprint density at radius 3 is 2.95 bits per heavy atom. The van der Waals surface area contributed by atoms with E-state index in [4.69, 9.17) is 11.6 Å². The minimum absolute atomic E-state index is 0.205. The maximum atomic E-state index is 12.4. The van der Waals surface area contributed by atoms with Gasteiger partial charge in [-0.1, -0.05) is 6.07 Å². The summed E-state index contributed by atoms with van der Waals surface area (Å²) in [6.45, 7) is 0.944. The van der Waals surface area contributed by atoms with Gasteiger partial charge in [0.15, 0.2) is 0 Å². The molecule has 110 valence electrons. The number of nitrogens with zero attached hydrogens (tertiary/aromatic N) is 3. The molecule has 0 saturated carbocycles. The van der Waals surface area contributed by atoms with E-state index in [-0.39, 0.29) is 4.90 Å². The van der Waals surface area contributed by atoms with E-state index in [1.807, 2.05) is 17.5 Å². The van der Waals surface area contributed by atoms with E-state index in [0.29, 0.717) is 25.4 Å². The summed E-state index contributed by atoms with van der Waals surface area (Å²) >= 11 is 7.24. The maximum Gasteiger partial charge on any atom is 0.245 e. The molecule has 0 aliphatic heterocycles. The van der Waals surface area contributed by atoms with Crippen LogP contribution in [0.3, 0.4) is 0 Å². The van der Waals surface area contributed by atoms with E-state index in [2.05, 4.69) is 5.10 Å². The van der Waals surface area contributed by atoms with Crippen molar-refractivity contribution in [3.05, 3.63) is 34.8 Å². The second-order valence-corrected chi connectivity index (χ2v) is 7.74. The molecule has 2 heterocycles. The fraction of sp³-hybridized carbons (Fsp3) is 0.417. The molecule has 20 heavy (non-hydrogen) atoms. The van der Waals surface area contributed by atoms with Gasteiger partial charge in [0.2, 0.25) is 10.0 Å². The number of likely N-dealkylation sites (N-methyl/N-ethyl adjacent to an activating group) is 1. The molecule has 0 spiro atoms. The van der Waals surface area contributed by atoms with Crippen LogP contribution in [0.15, 0.2) is 34.8 Å². The van der Waals surface area contributed by atoms with Crippen molar-refractivity contribution >= 4 is 33.0 Å². The van der Waals surface area contributed by atoms with E-state index >= 15 is 0 Å². The molecule has 0 aliphatic rings. The topological polar surface area (TPSA) is 55.2 Å². The third-order valence-electron chi connectivity index (χ3n) is 2.88. The lowest BCUT2D eigenvalue weighted by Crippen LogP contribution is -2.28. The maximum absolute atomic E-state index is 12.4. The van der Waals surface area contributed by atoms with Crippen LogP contribution in [0.1, 0.15) is 4.88 Å². The second kappa shape index (κ2) is 6.71. The molecule has 0 atom stereocenters. The van der Waals surface area contributed by atoms with Crippen molar-refractivity contribution in [1.29, 1.82) is 0 Å². The van der Waals surface area contributed by atoms with Crippen LogP contribution in [-0.4, -0.2) is 42.0 Å². The highest BCUT2D eigenvalue weighted by Crippen LogP contribution is 2.15. The van der Waals surface area contributed by atoms with Crippen LogP contribution >= 0.6 is 22.9 Å². The molecule has 0 saturated heterocycles. The van der Waals surface area contributed by atoms with Gasteiger partial charge in [-0.15, -0.1) is 22.9 Å². The Balaban J connectivity index is 2.04. The molecule has 2 aromatic rings. The van der Waals surface area contributed by atoms with E-state index in [1.165, 1.54) is 26.3 Å². The van der Waals surface area contributed by atoms with Crippen molar-refractivity contribution in [3.8, 4) is 0 Å². The van der Waals surface area contributed by atoms with Gasteiger partial charge < -0.3 is 0 Å². The highest BCUT2D eigenvalue weighted by Gasteiger charge is 2.22. The van der Waals surface area contributed by atoms with Crippen molar-refractivity contribution in [2.45, 2.75) is 17.9 Å². The monoisotopic (exact) mass is 333 g/mol. The Hall–Kier alpha value is -0.890. The van der Waals surface area contributed by atoms with Gasteiger partial charge in [-0.25, -0.2) is 12.7 Å². The van der Waals surface area contributed by atoms with Crippen molar-refractivity contribution in [1.82, 2.24) is 14.1 Å². The highest BCUT2D eigenvalue weighted by molar-refractivity contribution is 7.89. The van der Waals surface area contributed by atoms with Crippen LogP contribution in [0.2, 0.25) is 0 Å². The summed E-state index contributed by atoms with van der Waals surface area (Å²) in [5.41, 5.74) is 0. The Morgan fingerprint density at radius 1 is 1.50 bits per heavy atom. The van der Waals surface area contributed by atoms with Gasteiger partial charge in [-0.05, 0) is 17.9 Å². The van der Waals surface area contributed by atoms with Crippen molar-refractivity contribution in [2.75, 3.05) is 19.5 Å². The number of rotatable bonds is 7. The van der Waals surface area contributed by atoms with Gasteiger partial charge >= 0.3 is 0 Å². The van der Waals surface area contributed by atoms with E-state index in [9.17, 15) is 8.42 Å². The van der Waals surface area contributed by atoms with Crippen LogP contribution < -0.4 is 0 Å². The second-order valence-electron chi connectivity index (χ2n) is 4.28.